The Kier molecular flexibility index (Phi) is 2.64. The number of hydrogen-bond donors (Lipinski definition) is 1. The molecule has 0 fully saturated rings. The Hall–Kier alpha value is -2.76. The Morgan fingerprint density at radius 3 is 2.48 bits per heavy atom. The molecule has 1 N–H and O–H groups in total. The second kappa shape index (κ2) is 4.38. The molecule has 0 saturated carbocycles. The van der Waals surface area contributed by atoms with Crippen molar-refractivity contribution < 1.29 is 23.1 Å². The molecule has 0 radical (unpaired) electrons. The first kappa shape index (κ1) is 13.9. The van der Waals surface area contributed by atoms with Crippen molar-refractivity contribution in [1.82, 2.24) is 4.57 Å². The van der Waals surface area contributed by atoms with Gasteiger partial charge in [0, 0.05) is 21.9 Å². The predicted octanol–water partition coefficient (Wildman–Crippen LogP) is 4.21. The van der Waals surface area contributed by atoms with Gasteiger partial charge in [-0.25, -0.2) is 0 Å². The molecule has 2 heterocycles. The molecule has 3 aromatic rings. The SMILES string of the molecule is O=C(C1=C(O)c2cccc3c4ccccc4n(c23)C1)C(F)(F)F. The van der Waals surface area contributed by atoms with E-state index in [0.717, 1.165) is 16.3 Å². The van der Waals surface area contributed by atoms with Crippen LogP contribution in [0.25, 0.3) is 27.6 Å². The maximum absolute atomic E-state index is 12.8. The summed E-state index contributed by atoms with van der Waals surface area (Å²) in [6.07, 6.45) is -5.02. The maximum atomic E-state index is 12.8. The van der Waals surface area contributed by atoms with Crippen LogP contribution in [0.5, 0.6) is 0 Å². The fraction of sp³-hybridized carbons (Fsp3) is 0.118. The van der Waals surface area contributed by atoms with Gasteiger partial charge in [-0.05, 0) is 12.1 Å². The zero-order chi connectivity index (χ0) is 16.4. The van der Waals surface area contributed by atoms with Gasteiger partial charge in [-0.3, -0.25) is 4.79 Å². The number of para-hydroxylation sites is 2. The van der Waals surface area contributed by atoms with E-state index < -0.39 is 23.3 Å². The van der Waals surface area contributed by atoms with Crippen LogP contribution in [0, 0.1) is 0 Å². The Labute approximate surface area is 128 Å². The highest BCUT2D eigenvalue weighted by Gasteiger charge is 2.43. The third kappa shape index (κ3) is 1.81. The van der Waals surface area contributed by atoms with E-state index in [1.54, 1.807) is 22.8 Å². The van der Waals surface area contributed by atoms with Crippen LogP contribution in [0.3, 0.4) is 0 Å². The van der Waals surface area contributed by atoms with Crippen molar-refractivity contribution in [1.29, 1.82) is 0 Å². The molecule has 0 unspecified atom stereocenters. The summed E-state index contributed by atoms with van der Waals surface area (Å²) < 4.78 is 40.1. The lowest BCUT2D eigenvalue weighted by atomic mass is 9.99. The molecule has 0 amide bonds. The zero-order valence-corrected chi connectivity index (χ0v) is 11.7. The van der Waals surface area contributed by atoms with Crippen molar-refractivity contribution in [3.63, 3.8) is 0 Å². The Balaban J connectivity index is 2.08. The maximum Gasteiger partial charge on any atom is 0.454 e. The van der Waals surface area contributed by atoms with Crippen molar-refractivity contribution in [3.8, 4) is 0 Å². The molecule has 1 aliphatic heterocycles. The molecule has 0 spiro atoms. The lowest BCUT2D eigenvalue weighted by molar-refractivity contribution is -0.166. The van der Waals surface area contributed by atoms with Crippen LogP contribution >= 0.6 is 0 Å². The van der Waals surface area contributed by atoms with Gasteiger partial charge in [0.2, 0.25) is 0 Å². The molecule has 0 bridgehead atoms. The molecular weight excluding hydrogens is 307 g/mol. The van der Waals surface area contributed by atoms with Crippen LogP contribution in [0.15, 0.2) is 48.0 Å². The van der Waals surface area contributed by atoms with E-state index in [0.29, 0.717) is 5.52 Å². The number of aliphatic hydroxyl groups is 1. The molecule has 4 rings (SSSR count). The molecule has 1 aromatic heterocycles. The average molecular weight is 317 g/mol. The summed E-state index contributed by atoms with van der Waals surface area (Å²) in [7, 11) is 0. The number of allylic oxidation sites excluding steroid dienone is 1. The summed E-state index contributed by atoms with van der Waals surface area (Å²) in [5.41, 5.74) is 0.997. The largest absolute Gasteiger partial charge is 0.507 e. The molecule has 23 heavy (non-hydrogen) atoms. The van der Waals surface area contributed by atoms with E-state index in [1.807, 2.05) is 18.2 Å². The summed E-state index contributed by atoms with van der Waals surface area (Å²) in [6.45, 7) is -0.300. The number of alkyl halides is 3. The van der Waals surface area contributed by atoms with Crippen molar-refractivity contribution in [2.24, 2.45) is 0 Å². The molecule has 0 aliphatic carbocycles. The van der Waals surface area contributed by atoms with Gasteiger partial charge in [0.25, 0.3) is 5.78 Å². The minimum Gasteiger partial charge on any atom is -0.507 e. The molecule has 0 atom stereocenters. The number of aromatic nitrogens is 1. The normalized spacial score (nSPS) is 14.7. The van der Waals surface area contributed by atoms with E-state index in [1.165, 1.54) is 6.07 Å². The van der Waals surface area contributed by atoms with E-state index in [-0.39, 0.29) is 12.1 Å². The second-order valence-corrected chi connectivity index (χ2v) is 5.46. The molecule has 116 valence electrons. The highest BCUT2D eigenvalue weighted by atomic mass is 19.4. The number of Topliss-reactive ketones (excluding diaryl/α,β-unsaturated/α-hetero) is 1. The van der Waals surface area contributed by atoms with Crippen LogP contribution in [-0.4, -0.2) is 21.6 Å². The number of carbonyl (C=O) groups excluding carboxylic acids is 1. The molecule has 0 saturated heterocycles. The van der Waals surface area contributed by atoms with E-state index in [2.05, 4.69) is 0 Å². The van der Waals surface area contributed by atoms with Gasteiger partial charge in [0.1, 0.15) is 5.76 Å². The topological polar surface area (TPSA) is 42.2 Å². The summed E-state index contributed by atoms with van der Waals surface area (Å²) in [4.78, 5) is 11.7. The minimum atomic E-state index is -5.02. The molecule has 1 aliphatic rings. The minimum absolute atomic E-state index is 0.248. The van der Waals surface area contributed by atoms with Crippen molar-refractivity contribution in [2.45, 2.75) is 12.7 Å². The number of ketones is 1. The van der Waals surface area contributed by atoms with Gasteiger partial charge in [-0.2, -0.15) is 13.2 Å². The van der Waals surface area contributed by atoms with Gasteiger partial charge in [0.05, 0.1) is 17.6 Å². The number of hydrogen-bond acceptors (Lipinski definition) is 2. The first-order chi connectivity index (χ1) is 10.9. The average Bonchev–Trinajstić information content (AvgIpc) is 2.85. The van der Waals surface area contributed by atoms with Crippen LogP contribution in [-0.2, 0) is 11.3 Å². The third-order valence-electron chi connectivity index (χ3n) is 4.18. The van der Waals surface area contributed by atoms with Crippen molar-refractivity contribution in [2.75, 3.05) is 0 Å². The number of carbonyl (C=O) groups is 1. The van der Waals surface area contributed by atoms with Gasteiger partial charge < -0.3 is 9.67 Å². The summed E-state index contributed by atoms with van der Waals surface area (Å²) in [6, 6.07) is 12.3. The quantitative estimate of drug-likeness (QED) is 0.730. The molecule has 2 aromatic carbocycles. The lowest BCUT2D eigenvalue weighted by Crippen LogP contribution is -2.29. The van der Waals surface area contributed by atoms with Gasteiger partial charge in [-0.15, -0.1) is 0 Å². The first-order valence-corrected chi connectivity index (χ1v) is 6.93. The van der Waals surface area contributed by atoms with Gasteiger partial charge >= 0.3 is 6.18 Å². The summed E-state index contributed by atoms with van der Waals surface area (Å²) in [5, 5.41) is 11.9. The standard InChI is InChI=1S/C17H10F3NO2/c18-17(19,20)16(23)12-8-21-13-7-2-1-4-9(13)10-5-3-6-11(14(10)21)15(12)22/h1-7,22H,8H2. The second-order valence-electron chi connectivity index (χ2n) is 5.46. The fourth-order valence-corrected chi connectivity index (χ4v) is 3.21. The Morgan fingerprint density at radius 2 is 1.74 bits per heavy atom. The smallest absolute Gasteiger partial charge is 0.454 e. The molecule has 3 nitrogen and oxygen atoms in total. The Morgan fingerprint density at radius 1 is 1.04 bits per heavy atom. The Bertz CT molecular complexity index is 1010. The predicted molar refractivity (Wildman–Crippen MR) is 80.1 cm³/mol. The van der Waals surface area contributed by atoms with E-state index in [4.69, 9.17) is 0 Å². The lowest BCUT2D eigenvalue weighted by Gasteiger charge is -2.20. The monoisotopic (exact) mass is 317 g/mol. The van der Waals surface area contributed by atoms with Crippen molar-refractivity contribution in [3.05, 3.63) is 53.6 Å². The number of rotatable bonds is 1. The number of fused-ring (bicyclic) bond motifs is 3. The van der Waals surface area contributed by atoms with Gasteiger partial charge in [-0.1, -0.05) is 30.3 Å². The van der Waals surface area contributed by atoms with Gasteiger partial charge in [0.15, 0.2) is 0 Å². The highest BCUT2D eigenvalue weighted by Crippen LogP contribution is 2.39. The highest BCUT2D eigenvalue weighted by molar-refractivity contribution is 6.14. The first-order valence-electron chi connectivity index (χ1n) is 6.93. The molecule has 6 heteroatoms. The summed E-state index contributed by atoms with van der Waals surface area (Å²) >= 11 is 0. The number of benzene rings is 2. The third-order valence-corrected chi connectivity index (χ3v) is 4.18. The van der Waals surface area contributed by atoms with Crippen LogP contribution in [0.4, 0.5) is 13.2 Å². The van der Waals surface area contributed by atoms with Crippen molar-refractivity contribution >= 4 is 33.3 Å². The number of aliphatic hydroxyl groups excluding tert-OH is 1. The van der Waals surface area contributed by atoms with Crippen LogP contribution in [0.2, 0.25) is 0 Å². The molecular formula is C17H10F3NO2. The van der Waals surface area contributed by atoms with E-state index >= 15 is 0 Å². The van der Waals surface area contributed by atoms with Crippen LogP contribution < -0.4 is 0 Å². The summed E-state index contributed by atoms with van der Waals surface area (Å²) in [5.74, 6) is -2.59. The fourth-order valence-electron chi connectivity index (χ4n) is 3.21. The number of nitrogens with zero attached hydrogens (tertiary/aromatic N) is 1. The van der Waals surface area contributed by atoms with Crippen LogP contribution in [0.1, 0.15) is 5.56 Å². The van der Waals surface area contributed by atoms with E-state index in [9.17, 15) is 23.1 Å². The number of halogens is 3. The zero-order valence-electron chi connectivity index (χ0n) is 11.7.